The van der Waals surface area contributed by atoms with Crippen molar-refractivity contribution in [3.05, 3.63) is 35.9 Å². The Balaban J connectivity index is 1.51. The molecular formula is C20H30N4O2. The first-order chi connectivity index (χ1) is 12.7. The average molecular weight is 358 g/mol. The molecule has 6 heteroatoms. The minimum Gasteiger partial charge on any atom is -0.354 e. The normalized spacial score (nSPS) is 21.8. The van der Waals surface area contributed by atoms with Gasteiger partial charge >= 0.3 is 6.03 Å². The van der Waals surface area contributed by atoms with Crippen molar-refractivity contribution in [3.63, 3.8) is 0 Å². The van der Waals surface area contributed by atoms with Crippen molar-refractivity contribution in [2.24, 2.45) is 5.92 Å². The SMILES string of the molecule is O=C(NCc1ccccc1)NC1(C(=O)NCC2CCCNC2)CCCC1. The van der Waals surface area contributed by atoms with Gasteiger partial charge in [0.25, 0.3) is 0 Å². The van der Waals surface area contributed by atoms with Gasteiger partial charge in [-0.25, -0.2) is 4.79 Å². The van der Waals surface area contributed by atoms with Crippen LogP contribution in [0.25, 0.3) is 0 Å². The van der Waals surface area contributed by atoms with Gasteiger partial charge in [0, 0.05) is 13.1 Å². The molecule has 1 saturated carbocycles. The number of rotatable bonds is 6. The number of carbonyl (C=O) groups is 2. The molecular weight excluding hydrogens is 328 g/mol. The Labute approximate surface area is 155 Å². The van der Waals surface area contributed by atoms with Crippen LogP contribution in [0.15, 0.2) is 30.3 Å². The lowest BCUT2D eigenvalue weighted by molar-refractivity contribution is -0.127. The number of piperidine rings is 1. The molecule has 3 amide bonds. The molecule has 26 heavy (non-hydrogen) atoms. The highest BCUT2D eigenvalue weighted by Gasteiger charge is 2.42. The second-order valence-electron chi connectivity index (χ2n) is 7.50. The summed E-state index contributed by atoms with van der Waals surface area (Å²) >= 11 is 0. The molecule has 1 aliphatic carbocycles. The molecule has 1 saturated heterocycles. The Kier molecular flexibility index (Phi) is 6.50. The van der Waals surface area contributed by atoms with Gasteiger partial charge in [0.15, 0.2) is 0 Å². The largest absolute Gasteiger partial charge is 0.354 e. The van der Waals surface area contributed by atoms with Crippen LogP contribution >= 0.6 is 0 Å². The van der Waals surface area contributed by atoms with Crippen LogP contribution in [0.1, 0.15) is 44.1 Å². The standard InChI is InChI=1S/C20H30N4O2/c25-18(22-15-17-9-6-12-21-13-17)20(10-4-5-11-20)24-19(26)23-14-16-7-2-1-3-8-16/h1-3,7-8,17,21H,4-6,9-15H2,(H,22,25)(H2,23,24,26). The van der Waals surface area contributed by atoms with E-state index < -0.39 is 5.54 Å². The quantitative estimate of drug-likeness (QED) is 0.627. The molecule has 142 valence electrons. The van der Waals surface area contributed by atoms with Crippen LogP contribution in [-0.2, 0) is 11.3 Å². The van der Waals surface area contributed by atoms with Crippen molar-refractivity contribution in [2.75, 3.05) is 19.6 Å². The number of urea groups is 1. The van der Waals surface area contributed by atoms with Gasteiger partial charge in [-0.2, -0.15) is 0 Å². The van der Waals surface area contributed by atoms with Crippen LogP contribution in [-0.4, -0.2) is 37.1 Å². The summed E-state index contributed by atoms with van der Waals surface area (Å²) < 4.78 is 0. The van der Waals surface area contributed by atoms with E-state index >= 15 is 0 Å². The first-order valence-electron chi connectivity index (χ1n) is 9.77. The van der Waals surface area contributed by atoms with E-state index in [2.05, 4.69) is 21.3 Å². The summed E-state index contributed by atoms with van der Waals surface area (Å²) in [6.45, 7) is 3.16. The summed E-state index contributed by atoms with van der Waals surface area (Å²) in [5, 5.41) is 12.3. The predicted molar refractivity (Wildman–Crippen MR) is 102 cm³/mol. The molecule has 1 heterocycles. The Morgan fingerprint density at radius 1 is 1.08 bits per heavy atom. The van der Waals surface area contributed by atoms with Crippen LogP contribution in [0.5, 0.6) is 0 Å². The molecule has 1 unspecified atom stereocenters. The molecule has 0 bridgehead atoms. The third kappa shape index (κ3) is 4.97. The first kappa shape index (κ1) is 18.7. The van der Waals surface area contributed by atoms with Crippen molar-refractivity contribution >= 4 is 11.9 Å². The predicted octanol–water partition coefficient (Wildman–Crippen LogP) is 1.91. The Bertz CT molecular complexity index is 593. The Morgan fingerprint density at radius 2 is 1.85 bits per heavy atom. The van der Waals surface area contributed by atoms with E-state index in [4.69, 9.17) is 0 Å². The highest BCUT2D eigenvalue weighted by molar-refractivity contribution is 5.91. The molecule has 0 aromatic heterocycles. The van der Waals surface area contributed by atoms with Crippen molar-refractivity contribution in [2.45, 2.75) is 50.6 Å². The summed E-state index contributed by atoms with van der Waals surface area (Å²) in [5.41, 5.74) is 0.278. The zero-order valence-electron chi connectivity index (χ0n) is 15.4. The van der Waals surface area contributed by atoms with Gasteiger partial charge in [0.05, 0.1) is 0 Å². The minimum absolute atomic E-state index is 0.0320. The number of amides is 3. The summed E-state index contributed by atoms with van der Waals surface area (Å²) in [5.74, 6) is 0.452. The van der Waals surface area contributed by atoms with Gasteiger partial charge in [-0.3, -0.25) is 4.79 Å². The van der Waals surface area contributed by atoms with E-state index in [1.807, 2.05) is 30.3 Å². The highest BCUT2D eigenvalue weighted by atomic mass is 16.2. The van der Waals surface area contributed by atoms with Gasteiger partial charge in [0.1, 0.15) is 5.54 Å². The number of hydrogen-bond acceptors (Lipinski definition) is 3. The highest BCUT2D eigenvalue weighted by Crippen LogP contribution is 2.30. The lowest BCUT2D eigenvalue weighted by Gasteiger charge is -2.30. The maximum absolute atomic E-state index is 12.8. The lowest BCUT2D eigenvalue weighted by atomic mass is 9.95. The topological polar surface area (TPSA) is 82.3 Å². The zero-order chi connectivity index (χ0) is 18.2. The molecule has 6 nitrogen and oxygen atoms in total. The first-order valence-corrected chi connectivity index (χ1v) is 9.77. The van der Waals surface area contributed by atoms with Gasteiger partial charge in [-0.15, -0.1) is 0 Å². The van der Waals surface area contributed by atoms with Gasteiger partial charge < -0.3 is 21.3 Å². The molecule has 1 aromatic rings. The number of carbonyl (C=O) groups excluding carboxylic acids is 2. The van der Waals surface area contributed by atoms with Crippen molar-refractivity contribution in [3.8, 4) is 0 Å². The van der Waals surface area contributed by atoms with Crippen molar-refractivity contribution < 1.29 is 9.59 Å². The third-order valence-electron chi connectivity index (χ3n) is 5.49. The monoisotopic (exact) mass is 358 g/mol. The van der Waals surface area contributed by atoms with Crippen molar-refractivity contribution in [1.82, 2.24) is 21.3 Å². The Hall–Kier alpha value is -2.08. The fourth-order valence-corrected chi connectivity index (χ4v) is 3.93. The molecule has 2 aliphatic rings. The fourth-order valence-electron chi connectivity index (χ4n) is 3.93. The molecule has 0 radical (unpaired) electrons. The van der Waals surface area contributed by atoms with Crippen LogP contribution in [0.4, 0.5) is 4.79 Å². The van der Waals surface area contributed by atoms with Crippen LogP contribution in [0.3, 0.4) is 0 Å². The van der Waals surface area contributed by atoms with E-state index in [9.17, 15) is 9.59 Å². The van der Waals surface area contributed by atoms with Gasteiger partial charge in [-0.1, -0.05) is 43.2 Å². The van der Waals surface area contributed by atoms with E-state index in [0.29, 0.717) is 31.8 Å². The second-order valence-corrected chi connectivity index (χ2v) is 7.50. The summed E-state index contributed by atoms with van der Waals surface area (Å²) in [6.07, 6.45) is 5.66. The zero-order valence-corrected chi connectivity index (χ0v) is 15.4. The minimum atomic E-state index is -0.761. The third-order valence-corrected chi connectivity index (χ3v) is 5.49. The van der Waals surface area contributed by atoms with E-state index in [1.54, 1.807) is 0 Å². The lowest BCUT2D eigenvalue weighted by Crippen LogP contribution is -2.59. The molecule has 4 N–H and O–H groups in total. The van der Waals surface area contributed by atoms with E-state index in [0.717, 1.165) is 44.3 Å². The smallest absolute Gasteiger partial charge is 0.315 e. The summed E-state index contributed by atoms with van der Waals surface area (Å²) in [7, 11) is 0. The summed E-state index contributed by atoms with van der Waals surface area (Å²) in [4.78, 5) is 25.2. The number of nitrogens with one attached hydrogen (secondary N) is 4. The number of benzene rings is 1. The molecule has 2 fully saturated rings. The maximum Gasteiger partial charge on any atom is 0.315 e. The van der Waals surface area contributed by atoms with Gasteiger partial charge in [0.2, 0.25) is 5.91 Å². The van der Waals surface area contributed by atoms with Crippen LogP contribution < -0.4 is 21.3 Å². The molecule has 3 rings (SSSR count). The van der Waals surface area contributed by atoms with Crippen LogP contribution in [0, 0.1) is 5.92 Å². The number of hydrogen-bond donors (Lipinski definition) is 4. The fraction of sp³-hybridized carbons (Fsp3) is 0.600. The molecule has 1 aliphatic heterocycles. The molecule has 1 aromatic carbocycles. The Morgan fingerprint density at radius 3 is 2.54 bits per heavy atom. The molecule has 1 atom stereocenters. The van der Waals surface area contributed by atoms with E-state index in [-0.39, 0.29) is 11.9 Å². The molecule has 0 spiro atoms. The van der Waals surface area contributed by atoms with Crippen molar-refractivity contribution in [1.29, 1.82) is 0 Å². The van der Waals surface area contributed by atoms with Crippen LogP contribution in [0.2, 0.25) is 0 Å². The van der Waals surface area contributed by atoms with E-state index in [1.165, 1.54) is 0 Å². The second kappa shape index (κ2) is 9.03. The average Bonchev–Trinajstić information content (AvgIpc) is 3.16. The van der Waals surface area contributed by atoms with Gasteiger partial charge in [-0.05, 0) is 50.3 Å². The summed E-state index contributed by atoms with van der Waals surface area (Å²) in [6, 6.07) is 9.50. The maximum atomic E-state index is 12.8.